The molecule has 6 nitrogen and oxygen atoms in total. The van der Waals surface area contributed by atoms with Gasteiger partial charge in [-0.3, -0.25) is 0 Å². The molecule has 0 spiro atoms. The van der Waals surface area contributed by atoms with E-state index in [4.69, 9.17) is 23.7 Å². The summed E-state index contributed by atoms with van der Waals surface area (Å²) in [5.41, 5.74) is -0.648. The van der Waals surface area contributed by atoms with Crippen LogP contribution in [-0.4, -0.2) is 61.4 Å². The molecule has 4 fully saturated rings. The molecule has 4 heterocycles. The minimum atomic E-state index is -0.648. The summed E-state index contributed by atoms with van der Waals surface area (Å²) >= 11 is 0. The first-order chi connectivity index (χ1) is 13.5. The summed E-state index contributed by atoms with van der Waals surface area (Å²) in [5.74, 6) is -0.103. The van der Waals surface area contributed by atoms with Gasteiger partial charge in [-0.25, -0.2) is 4.79 Å². The minimum Gasteiger partial charge on any atom is -0.455 e. The summed E-state index contributed by atoms with van der Waals surface area (Å²) < 4.78 is 30.5. The van der Waals surface area contributed by atoms with Gasteiger partial charge in [-0.1, -0.05) is 13.0 Å². The highest BCUT2D eigenvalue weighted by molar-refractivity contribution is 5.75. The van der Waals surface area contributed by atoms with Crippen LogP contribution in [0.5, 0.6) is 0 Å². The summed E-state index contributed by atoms with van der Waals surface area (Å²) in [6, 6.07) is 0. The quantitative estimate of drug-likeness (QED) is 0.539. The first-order valence-electron chi connectivity index (χ1n) is 10.9. The second kappa shape index (κ2) is 8.42. The highest BCUT2D eigenvalue weighted by Gasteiger charge is 2.52. The zero-order valence-electron chi connectivity index (χ0n) is 17.1. The van der Waals surface area contributed by atoms with Crippen molar-refractivity contribution < 1.29 is 28.5 Å². The highest BCUT2D eigenvalue weighted by atomic mass is 16.6. The van der Waals surface area contributed by atoms with E-state index < -0.39 is 11.7 Å². The van der Waals surface area contributed by atoms with Crippen LogP contribution in [0.4, 0.5) is 0 Å². The molecule has 4 aliphatic heterocycles. The van der Waals surface area contributed by atoms with E-state index in [0.717, 1.165) is 45.3 Å². The number of esters is 1. The molecule has 28 heavy (non-hydrogen) atoms. The standard InChI is InChI=1S/C22H34O6/c1-4-14(2)20-16(8-6-12-25-20)26-17-9-10-19-22(3,28-21(17)23)13-18-15(27-19)7-5-11-24-18/h4,14-20H,1,5-13H2,2-3H3/t14-,15-,16+,17-,18+,19+,20-,22-/m0/s1. The highest BCUT2D eigenvalue weighted by Crippen LogP contribution is 2.41. The van der Waals surface area contributed by atoms with Crippen LogP contribution in [0, 0.1) is 5.92 Å². The summed E-state index contributed by atoms with van der Waals surface area (Å²) in [4.78, 5) is 12.9. The number of rotatable bonds is 4. The van der Waals surface area contributed by atoms with Crippen molar-refractivity contribution in [1.82, 2.24) is 0 Å². The summed E-state index contributed by atoms with van der Waals surface area (Å²) in [6.07, 6.45) is 7.13. The van der Waals surface area contributed by atoms with Gasteiger partial charge in [0.15, 0.2) is 6.10 Å². The Kier molecular flexibility index (Phi) is 6.12. The van der Waals surface area contributed by atoms with Gasteiger partial charge in [-0.15, -0.1) is 6.58 Å². The molecule has 0 N–H and O–H groups in total. The molecule has 4 rings (SSSR count). The van der Waals surface area contributed by atoms with Gasteiger partial charge in [-0.2, -0.15) is 0 Å². The van der Waals surface area contributed by atoms with Gasteiger partial charge in [0, 0.05) is 25.6 Å². The van der Waals surface area contributed by atoms with Gasteiger partial charge in [0.2, 0.25) is 0 Å². The van der Waals surface area contributed by atoms with E-state index in [1.54, 1.807) is 0 Å². The van der Waals surface area contributed by atoms with E-state index in [-0.39, 0.29) is 42.4 Å². The Bertz CT molecular complexity index is 579. The van der Waals surface area contributed by atoms with Gasteiger partial charge in [-0.05, 0) is 45.4 Å². The predicted molar refractivity (Wildman–Crippen MR) is 103 cm³/mol. The minimum absolute atomic E-state index is 0.0184. The third-order valence-electron chi connectivity index (χ3n) is 6.83. The molecule has 0 aliphatic carbocycles. The second-order valence-electron chi connectivity index (χ2n) is 8.97. The lowest BCUT2D eigenvalue weighted by molar-refractivity contribution is -0.243. The van der Waals surface area contributed by atoms with E-state index in [2.05, 4.69) is 13.5 Å². The average molecular weight is 395 g/mol. The molecule has 0 aromatic rings. The van der Waals surface area contributed by atoms with E-state index in [1.807, 2.05) is 13.0 Å². The molecule has 158 valence electrons. The normalized spacial score (nSPS) is 45.1. The van der Waals surface area contributed by atoms with E-state index in [9.17, 15) is 4.79 Å². The Labute approximate surface area is 167 Å². The molecule has 4 saturated heterocycles. The van der Waals surface area contributed by atoms with Crippen LogP contribution in [0.25, 0.3) is 0 Å². The van der Waals surface area contributed by atoms with Crippen molar-refractivity contribution in [3.05, 3.63) is 12.7 Å². The zero-order chi connectivity index (χ0) is 19.7. The number of hydrogen-bond acceptors (Lipinski definition) is 6. The zero-order valence-corrected chi connectivity index (χ0v) is 17.1. The lowest BCUT2D eigenvalue weighted by Crippen LogP contribution is -2.57. The van der Waals surface area contributed by atoms with Crippen LogP contribution in [0.2, 0.25) is 0 Å². The molecular weight excluding hydrogens is 360 g/mol. The monoisotopic (exact) mass is 394 g/mol. The first kappa shape index (κ1) is 20.3. The maximum absolute atomic E-state index is 12.9. The smallest absolute Gasteiger partial charge is 0.335 e. The maximum atomic E-state index is 12.9. The Balaban J connectivity index is 1.44. The molecule has 6 heteroatoms. The Morgan fingerprint density at radius 3 is 2.75 bits per heavy atom. The van der Waals surface area contributed by atoms with Crippen LogP contribution >= 0.6 is 0 Å². The van der Waals surface area contributed by atoms with Gasteiger partial charge in [0.1, 0.15) is 5.60 Å². The Hall–Kier alpha value is -0.950. The van der Waals surface area contributed by atoms with E-state index >= 15 is 0 Å². The number of carbonyl (C=O) groups is 1. The summed E-state index contributed by atoms with van der Waals surface area (Å²) in [5, 5.41) is 0. The van der Waals surface area contributed by atoms with Gasteiger partial charge in [0.05, 0.1) is 30.5 Å². The first-order valence-corrected chi connectivity index (χ1v) is 10.9. The fourth-order valence-electron chi connectivity index (χ4n) is 5.12. The fourth-order valence-corrected chi connectivity index (χ4v) is 5.12. The molecule has 0 aromatic carbocycles. The number of ether oxygens (including phenoxy) is 5. The van der Waals surface area contributed by atoms with Crippen molar-refractivity contribution in [2.45, 2.75) is 101 Å². The number of fused-ring (bicyclic) bond motifs is 2. The third-order valence-corrected chi connectivity index (χ3v) is 6.83. The number of hydrogen-bond donors (Lipinski definition) is 0. The van der Waals surface area contributed by atoms with Crippen molar-refractivity contribution in [3.8, 4) is 0 Å². The summed E-state index contributed by atoms with van der Waals surface area (Å²) in [7, 11) is 0. The largest absolute Gasteiger partial charge is 0.455 e. The van der Waals surface area contributed by atoms with E-state index in [1.165, 1.54) is 0 Å². The van der Waals surface area contributed by atoms with Crippen molar-refractivity contribution in [2.75, 3.05) is 13.2 Å². The topological polar surface area (TPSA) is 63.2 Å². The molecule has 0 saturated carbocycles. The van der Waals surface area contributed by atoms with Crippen LogP contribution in [0.1, 0.15) is 58.8 Å². The third kappa shape index (κ3) is 4.02. The van der Waals surface area contributed by atoms with Gasteiger partial charge in [0.25, 0.3) is 0 Å². The van der Waals surface area contributed by atoms with Crippen molar-refractivity contribution in [3.63, 3.8) is 0 Å². The van der Waals surface area contributed by atoms with Crippen LogP contribution in [0.15, 0.2) is 12.7 Å². The van der Waals surface area contributed by atoms with Crippen LogP contribution < -0.4 is 0 Å². The number of carbonyl (C=O) groups excluding carboxylic acids is 1. The maximum Gasteiger partial charge on any atom is 0.335 e. The summed E-state index contributed by atoms with van der Waals surface area (Å²) in [6.45, 7) is 9.44. The van der Waals surface area contributed by atoms with Crippen LogP contribution in [0.3, 0.4) is 0 Å². The Morgan fingerprint density at radius 1 is 1.14 bits per heavy atom. The van der Waals surface area contributed by atoms with Crippen molar-refractivity contribution in [1.29, 1.82) is 0 Å². The molecule has 0 aromatic heterocycles. The predicted octanol–water partition coefficient (Wildman–Crippen LogP) is 3.17. The van der Waals surface area contributed by atoms with Crippen molar-refractivity contribution >= 4 is 5.97 Å². The molecule has 0 amide bonds. The SMILES string of the molecule is C=C[C@H](C)[C@@H]1OCCC[C@H]1O[C@H]1CC[C@H]2O[C@H]3CCCO[C@@H]3C[C@]2(C)OC1=O. The van der Waals surface area contributed by atoms with E-state index in [0.29, 0.717) is 12.8 Å². The lowest BCUT2D eigenvalue weighted by atomic mass is 9.83. The molecular formula is C22H34O6. The van der Waals surface area contributed by atoms with Gasteiger partial charge < -0.3 is 23.7 Å². The second-order valence-corrected chi connectivity index (χ2v) is 8.97. The lowest BCUT2D eigenvalue weighted by Gasteiger charge is -2.47. The molecule has 4 aliphatic rings. The fraction of sp³-hybridized carbons (Fsp3) is 0.864. The molecule has 0 bridgehead atoms. The molecule has 0 unspecified atom stereocenters. The van der Waals surface area contributed by atoms with Crippen LogP contribution in [-0.2, 0) is 28.5 Å². The van der Waals surface area contributed by atoms with Crippen molar-refractivity contribution in [2.24, 2.45) is 5.92 Å². The average Bonchev–Trinajstić information content (AvgIpc) is 2.81. The molecule has 0 radical (unpaired) electrons. The Morgan fingerprint density at radius 2 is 1.93 bits per heavy atom. The van der Waals surface area contributed by atoms with Gasteiger partial charge >= 0.3 is 5.97 Å². The molecule has 8 atom stereocenters.